The average Bonchev–Trinajstić information content (AvgIpc) is 2.77. The van der Waals surface area contributed by atoms with E-state index in [2.05, 4.69) is 47.1 Å². The summed E-state index contributed by atoms with van der Waals surface area (Å²) in [5.74, 6) is 1.38. The number of benzene rings is 1. The minimum absolute atomic E-state index is 0.347. The zero-order valence-corrected chi connectivity index (χ0v) is 14.4. The van der Waals surface area contributed by atoms with E-state index in [1.54, 1.807) is 0 Å². The van der Waals surface area contributed by atoms with Gasteiger partial charge < -0.3 is 9.80 Å². The van der Waals surface area contributed by atoms with Crippen molar-refractivity contribution in [3.63, 3.8) is 0 Å². The minimum Gasteiger partial charge on any atom is -0.341 e. The second kappa shape index (κ2) is 7.96. The monoisotopic (exact) mass is 314 g/mol. The van der Waals surface area contributed by atoms with E-state index < -0.39 is 0 Å². The lowest BCUT2D eigenvalue weighted by Crippen LogP contribution is -2.41. The lowest BCUT2D eigenvalue weighted by atomic mass is 9.84. The van der Waals surface area contributed by atoms with Gasteiger partial charge in [0.25, 0.3) is 0 Å². The van der Waals surface area contributed by atoms with Gasteiger partial charge in [0.05, 0.1) is 0 Å². The summed E-state index contributed by atoms with van der Waals surface area (Å²) in [6, 6.07) is 10.8. The maximum atomic E-state index is 12.4. The molecule has 1 aromatic carbocycles. The van der Waals surface area contributed by atoms with Crippen LogP contribution in [0.4, 0.5) is 0 Å². The molecule has 1 atom stereocenters. The molecule has 3 nitrogen and oxygen atoms in total. The molecule has 1 aromatic rings. The minimum atomic E-state index is 0.347. The van der Waals surface area contributed by atoms with E-state index in [-0.39, 0.29) is 0 Å². The van der Waals surface area contributed by atoms with Gasteiger partial charge in [-0.15, -0.1) is 0 Å². The van der Waals surface area contributed by atoms with Crippen LogP contribution in [0.1, 0.15) is 50.5 Å². The number of nitrogens with zero attached hydrogens (tertiary/aromatic N) is 2. The van der Waals surface area contributed by atoms with Crippen molar-refractivity contribution in [2.75, 3.05) is 32.7 Å². The van der Waals surface area contributed by atoms with Crippen molar-refractivity contribution in [2.24, 2.45) is 5.92 Å². The largest absolute Gasteiger partial charge is 0.341 e. The maximum absolute atomic E-state index is 12.4. The Balaban J connectivity index is 1.44. The summed E-state index contributed by atoms with van der Waals surface area (Å²) in [4.78, 5) is 17.1. The van der Waals surface area contributed by atoms with Crippen molar-refractivity contribution < 1.29 is 4.79 Å². The van der Waals surface area contributed by atoms with Crippen molar-refractivity contribution in [2.45, 2.75) is 44.9 Å². The molecular weight excluding hydrogens is 284 g/mol. The molecule has 3 heteroatoms. The molecule has 126 valence electrons. The molecule has 0 bridgehead atoms. The Hall–Kier alpha value is -1.35. The van der Waals surface area contributed by atoms with E-state index >= 15 is 0 Å². The highest BCUT2D eigenvalue weighted by atomic mass is 16.2. The summed E-state index contributed by atoms with van der Waals surface area (Å²) < 4.78 is 0. The van der Waals surface area contributed by atoms with Gasteiger partial charge in [0.15, 0.2) is 0 Å². The zero-order valence-electron chi connectivity index (χ0n) is 14.4. The molecule has 1 aliphatic carbocycles. The van der Waals surface area contributed by atoms with Gasteiger partial charge in [-0.3, -0.25) is 4.79 Å². The van der Waals surface area contributed by atoms with E-state index in [9.17, 15) is 4.79 Å². The fraction of sp³-hybridized carbons (Fsp3) is 0.650. The van der Waals surface area contributed by atoms with Crippen LogP contribution < -0.4 is 0 Å². The number of hydrogen-bond acceptors (Lipinski definition) is 2. The van der Waals surface area contributed by atoms with Crippen LogP contribution in [0, 0.1) is 5.92 Å². The molecule has 0 radical (unpaired) electrons. The van der Waals surface area contributed by atoms with Crippen LogP contribution in [-0.2, 0) is 4.79 Å². The quantitative estimate of drug-likeness (QED) is 0.830. The summed E-state index contributed by atoms with van der Waals surface area (Å²) in [5.41, 5.74) is 1.43. The van der Waals surface area contributed by atoms with E-state index in [1.165, 1.54) is 18.4 Å². The van der Waals surface area contributed by atoms with E-state index in [4.69, 9.17) is 0 Å². The van der Waals surface area contributed by atoms with Gasteiger partial charge in [-0.1, -0.05) is 43.7 Å². The maximum Gasteiger partial charge on any atom is 0.225 e. The molecule has 1 unspecified atom stereocenters. The Kier molecular flexibility index (Phi) is 5.71. The third-order valence-electron chi connectivity index (χ3n) is 5.60. The Bertz CT molecular complexity index is 498. The normalized spacial score (nSPS) is 21.5. The van der Waals surface area contributed by atoms with Crippen molar-refractivity contribution in [3.8, 4) is 0 Å². The van der Waals surface area contributed by atoms with Gasteiger partial charge in [-0.05, 0) is 50.3 Å². The molecule has 1 saturated heterocycles. The first-order valence-electron chi connectivity index (χ1n) is 9.30. The summed E-state index contributed by atoms with van der Waals surface area (Å²) in [6.07, 6.45) is 5.80. The molecule has 2 fully saturated rings. The van der Waals surface area contributed by atoms with E-state index in [0.29, 0.717) is 17.7 Å². The van der Waals surface area contributed by atoms with Crippen molar-refractivity contribution >= 4 is 5.91 Å². The Morgan fingerprint density at radius 1 is 1.09 bits per heavy atom. The molecule has 1 aliphatic heterocycles. The predicted octanol–water partition coefficient (Wildman–Crippen LogP) is 3.51. The second-order valence-corrected chi connectivity index (χ2v) is 7.25. The lowest BCUT2D eigenvalue weighted by Gasteiger charge is -2.31. The van der Waals surface area contributed by atoms with Gasteiger partial charge in [0, 0.05) is 25.6 Å². The highest BCUT2D eigenvalue weighted by Crippen LogP contribution is 2.28. The second-order valence-electron chi connectivity index (χ2n) is 7.25. The molecule has 0 aromatic heterocycles. The molecule has 2 aliphatic rings. The van der Waals surface area contributed by atoms with Crippen molar-refractivity contribution in [1.82, 2.24) is 9.80 Å². The van der Waals surface area contributed by atoms with Gasteiger partial charge in [-0.2, -0.15) is 0 Å². The summed E-state index contributed by atoms with van der Waals surface area (Å²) >= 11 is 0. The summed E-state index contributed by atoms with van der Waals surface area (Å²) in [5, 5.41) is 0. The third kappa shape index (κ3) is 4.35. The van der Waals surface area contributed by atoms with Gasteiger partial charge in [0.1, 0.15) is 0 Å². The van der Waals surface area contributed by atoms with Crippen LogP contribution in [0.15, 0.2) is 30.3 Å². The van der Waals surface area contributed by atoms with Gasteiger partial charge in [0.2, 0.25) is 5.91 Å². The number of carbonyl (C=O) groups is 1. The first kappa shape index (κ1) is 16.5. The molecule has 1 saturated carbocycles. The first-order valence-corrected chi connectivity index (χ1v) is 9.30. The number of rotatable bonds is 5. The SMILES string of the molecule is CC(CCN1CCCN(C(=O)C2CCC2)CC1)c1ccccc1. The van der Waals surface area contributed by atoms with E-state index in [1.807, 2.05) is 0 Å². The fourth-order valence-corrected chi connectivity index (χ4v) is 3.65. The molecule has 23 heavy (non-hydrogen) atoms. The number of amides is 1. The molecule has 1 amide bonds. The standard InChI is InChI=1S/C20H30N2O/c1-17(18-7-3-2-4-8-18)11-14-21-12-6-13-22(16-15-21)20(23)19-9-5-10-19/h2-4,7-8,17,19H,5-6,9-16H2,1H3. The van der Waals surface area contributed by atoms with Crippen LogP contribution in [-0.4, -0.2) is 48.4 Å². The smallest absolute Gasteiger partial charge is 0.225 e. The van der Waals surface area contributed by atoms with Crippen molar-refractivity contribution in [3.05, 3.63) is 35.9 Å². The first-order chi connectivity index (χ1) is 11.2. The fourth-order valence-electron chi connectivity index (χ4n) is 3.65. The Morgan fingerprint density at radius 3 is 2.57 bits per heavy atom. The van der Waals surface area contributed by atoms with Crippen molar-refractivity contribution in [1.29, 1.82) is 0 Å². The third-order valence-corrected chi connectivity index (χ3v) is 5.60. The van der Waals surface area contributed by atoms with Crippen LogP contribution in [0.25, 0.3) is 0 Å². The predicted molar refractivity (Wildman–Crippen MR) is 94.5 cm³/mol. The number of carbonyl (C=O) groups excluding carboxylic acids is 1. The Morgan fingerprint density at radius 2 is 1.87 bits per heavy atom. The lowest BCUT2D eigenvalue weighted by molar-refractivity contribution is -0.138. The Labute approximate surface area is 140 Å². The average molecular weight is 314 g/mol. The van der Waals surface area contributed by atoms with Crippen LogP contribution >= 0.6 is 0 Å². The highest BCUT2D eigenvalue weighted by molar-refractivity contribution is 5.79. The summed E-state index contributed by atoms with van der Waals surface area (Å²) in [7, 11) is 0. The van der Waals surface area contributed by atoms with Gasteiger partial charge in [-0.25, -0.2) is 0 Å². The molecular formula is C20H30N2O. The van der Waals surface area contributed by atoms with Crippen LogP contribution in [0.2, 0.25) is 0 Å². The van der Waals surface area contributed by atoms with E-state index in [0.717, 1.165) is 52.0 Å². The molecule has 0 N–H and O–H groups in total. The number of hydrogen-bond donors (Lipinski definition) is 0. The van der Waals surface area contributed by atoms with Crippen LogP contribution in [0.3, 0.4) is 0 Å². The van der Waals surface area contributed by atoms with Crippen LogP contribution in [0.5, 0.6) is 0 Å². The van der Waals surface area contributed by atoms with Gasteiger partial charge >= 0.3 is 0 Å². The molecule has 1 heterocycles. The highest BCUT2D eigenvalue weighted by Gasteiger charge is 2.30. The zero-order chi connectivity index (χ0) is 16.1. The molecule has 3 rings (SSSR count). The summed E-state index contributed by atoms with van der Waals surface area (Å²) in [6.45, 7) is 7.52. The molecule has 0 spiro atoms. The topological polar surface area (TPSA) is 23.6 Å².